The Morgan fingerprint density at radius 2 is 2.53 bits per heavy atom. The third kappa shape index (κ3) is 2.92. The molecule has 1 saturated heterocycles. The van der Waals surface area contributed by atoms with Gasteiger partial charge in [-0.2, -0.15) is 11.8 Å². The smallest absolute Gasteiger partial charge is 0.145 e. The summed E-state index contributed by atoms with van der Waals surface area (Å²) in [5.74, 6) is 0.955. The van der Waals surface area contributed by atoms with Crippen LogP contribution in [0.5, 0.6) is 0 Å². The first kappa shape index (κ1) is 10.9. The average Bonchev–Trinajstić information content (AvgIpc) is 2.22. The summed E-state index contributed by atoms with van der Waals surface area (Å²) in [5, 5.41) is 0.656. The van der Waals surface area contributed by atoms with Gasteiger partial charge in [-0.15, -0.1) is 0 Å². The molecule has 15 heavy (non-hydrogen) atoms. The number of nitrogens with zero attached hydrogens (tertiary/aromatic N) is 2. The van der Waals surface area contributed by atoms with E-state index < -0.39 is 0 Å². The van der Waals surface area contributed by atoms with Crippen molar-refractivity contribution < 1.29 is 4.39 Å². The molecule has 1 aliphatic rings. The van der Waals surface area contributed by atoms with Crippen LogP contribution in [0.15, 0.2) is 18.5 Å². The highest BCUT2D eigenvalue weighted by molar-refractivity contribution is 7.99. The Morgan fingerprint density at radius 1 is 1.67 bits per heavy atom. The van der Waals surface area contributed by atoms with Crippen LogP contribution in [0, 0.1) is 5.82 Å². The summed E-state index contributed by atoms with van der Waals surface area (Å²) in [6.07, 6.45) is 2.94. The molecule has 2 heterocycles. The molecule has 0 saturated carbocycles. The average molecular weight is 226 g/mol. The van der Waals surface area contributed by atoms with Gasteiger partial charge in [-0.3, -0.25) is 9.88 Å². The molecule has 1 aliphatic heterocycles. The summed E-state index contributed by atoms with van der Waals surface area (Å²) < 4.78 is 13.3. The normalized spacial score (nSPS) is 22.9. The molecule has 82 valence electrons. The largest absolute Gasteiger partial charge is 0.297 e. The van der Waals surface area contributed by atoms with Crippen molar-refractivity contribution in [3.63, 3.8) is 0 Å². The molecule has 1 atom stereocenters. The Morgan fingerprint density at radius 3 is 3.27 bits per heavy atom. The molecule has 1 aromatic heterocycles. The molecule has 0 aromatic carbocycles. The maximum absolute atomic E-state index is 13.3. The van der Waals surface area contributed by atoms with E-state index in [0.717, 1.165) is 24.4 Å². The topological polar surface area (TPSA) is 16.1 Å². The van der Waals surface area contributed by atoms with Crippen molar-refractivity contribution in [1.82, 2.24) is 9.88 Å². The molecular weight excluding hydrogens is 211 g/mol. The Balaban J connectivity index is 1.99. The van der Waals surface area contributed by atoms with Crippen molar-refractivity contribution in [1.29, 1.82) is 0 Å². The van der Waals surface area contributed by atoms with Crippen molar-refractivity contribution in [3.8, 4) is 0 Å². The lowest BCUT2D eigenvalue weighted by Crippen LogP contribution is -2.36. The highest BCUT2D eigenvalue weighted by atomic mass is 32.2. The number of hydrogen-bond donors (Lipinski definition) is 0. The van der Waals surface area contributed by atoms with Crippen LogP contribution < -0.4 is 0 Å². The molecule has 0 N–H and O–H groups in total. The van der Waals surface area contributed by atoms with Crippen LogP contribution in [-0.4, -0.2) is 34.0 Å². The summed E-state index contributed by atoms with van der Waals surface area (Å²) in [6.45, 7) is 5.03. The molecule has 1 fully saturated rings. The molecule has 0 amide bonds. The molecular formula is C11H15FN2S. The quantitative estimate of drug-likeness (QED) is 0.769. The number of halogens is 1. The van der Waals surface area contributed by atoms with Gasteiger partial charge in [-0.1, -0.05) is 6.92 Å². The molecule has 0 aliphatic carbocycles. The fourth-order valence-corrected chi connectivity index (χ4v) is 2.89. The van der Waals surface area contributed by atoms with Crippen LogP contribution in [0.4, 0.5) is 4.39 Å². The second kappa shape index (κ2) is 4.94. The van der Waals surface area contributed by atoms with Gasteiger partial charge in [0, 0.05) is 42.4 Å². The highest BCUT2D eigenvalue weighted by Crippen LogP contribution is 2.19. The SMILES string of the molecule is CC1CN(Cc2ccncc2F)CCS1. The summed E-state index contributed by atoms with van der Waals surface area (Å²) >= 11 is 1.99. The van der Waals surface area contributed by atoms with E-state index in [9.17, 15) is 4.39 Å². The number of pyridine rings is 1. The van der Waals surface area contributed by atoms with E-state index in [1.54, 1.807) is 12.3 Å². The zero-order valence-corrected chi connectivity index (χ0v) is 9.63. The monoisotopic (exact) mass is 226 g/mol. The third-order valence-corrected chi connectivity index (χ3v) is 3.71. The van der Waals surface area contributed by atoms with Crippen LogP contribution >= 0.6 is 11.8 Å². The maximum atomic E-state index is 13.3. The molecule has 4 heteroatoms. The lowest BCUT2D eigenvalue weighted by Gasteiger charge is -2.30. The number of aromatic nitrogens is 1. The molecule has 2 rings (SSSR count). The molecule has 1 aromatic rings. The van der Waals surface area contributed by atoms with Gasteiger partial charge in [-0.25, -0.2) is 4.39 Å². The highest BCUT2D eigenvalue weighted by Gasteiger charge is 2.17. The van der Waals surface area contributed by atoms with E-state index >= 15 is 0 Å². The minimum atomic E-state index is -0.191. The lowest BCUT2D eigenvalue weighted by molar-refractivity contribution is 0.274. The van der Waals surface area contributed by atoms with E-state index in [-0.39, 0.29) is 5.82 Å². The van der Waals surface area contributed by atoms with Crippen molar-refractivity contribution >= 4 is 11.8 Å². The zero-order valence-electron chi connectivity index (χ0n) is 8.82. The number of thioether (sulfide) groups is 1. The van der Waals surface area contributed by atoms with E-state index in [4.69, 9.17) is 0 Å². The molecule has 1 unspecified atom stereocenters. The Kier molecular flexibility index (Phi) is 3.59. The second-order valence-corrected chi connectivity index (χ2v) is 5.43. The summed E-state index contributed by atoms with van der Waals surface area (Å²) in [6, 6.07) is 1.77. The van der Waals surface area contributed by atoms with E-state index in [0.29, 0.717) is 11.8 Å². The first-order valence-electron chi connectivity index (χ1n) is 5.18. The van der Waals surface area contributed by atoms with Gasteiger partial charge < -0.3 is 0 Å². The van der Waals surface area contributed by atoms with Crippen molar-refractivity contribution in [2.45, 2.75) is 18.7 Å². The second-order valence-electron chi connectivity index (χ2n) is 3.88. The van der Waals surface area contributed by atoms with Gasteiger partial charge >= 0.3 is 0 Å². The van der Waals surface area contributed by atoms with Gasteiger partial charge in [-0.05, 0) is 6.07 Å². The lowest BCUT2D eigenvalue weighted by atomic mass is 10.2. The predicted molar refractivity (Wildman–Crippen MR) is 61.4 cm³/mol. The Labute approximate surface area is 93.9 Å². The van der Waals surface area contributed by atoms with E-state index in [1.165, 1.54) is 6.20 Å². The minimum Gasteiger partial charge on any atom is -0.297 e. The van der Waals surface area contributed by atoms with Crippen LogP contribution in [0.3, 0.4) is 0 Å². The summed E-state index contributed by atoms with van der Waals surface area (Å²) in [5.41, 5.74) is 0.754. The fraction of sp³-hybridized carbons (Fsp3) is 0.545. The van der Waals surface area contributed by atoms with Gasteiger partial charge in [0.05, 0.1) is 6.20 Å². The van der Waals surface area contributed by atoms with Crippen LogP contribution in [0.1, 0.15) is 12.5 Å². The predicted octanol–water partition coefficient (Wildman–Crippen LogP) is 2.16. The van der Waals surface area contributed by atoms with E-state index in [1.807, 2.05) is 11.8 Å². The Bertz CT molecular complexity index is 332. The maximum Gasteiger partial charge on any atom is 0.145 e. The van der Waals surface area contributed by atoms with Gasteiger partial charge in [0.15, 0.2) is 0 Å². The van der Waals surface area contributed by atoms with Gasteiger partial charge in [0.25, 0.3) is 0 Å². The van der Waals surface area contributed by atoms with Crippen LogP contribution in [0.25, 0.3) is 0 Å². The van der Waals surface area contributed by atoms with Crippen molar-refractivity contribution in [3.05, 3.63) is 29.8 Å². The van der Waals surface area contributed by atoms with Gasteiger partial charge in [0.1, 0.15) is 5.82 Å². The van der Waals surface area contributed by atoms with Crippen LogP contribution in [-0.2, 0) is 6.54 Å². The first-order valence-corrected chi connectivity index (χ1v) is 6.23. The fourth-order valence-electron chi connectivity index (χ4n) is 1.81. The zero-order chi connectivity index (χ0) is 10.7. The number of rotatable bonds is 2. The molecule has 0 spiro atoms. The first-order chi connectivity index (χ1) is 7.25. The summed E-state index contributed by atoms with van der Waals surface area (Å²) in [4.78, 5) is 6.06. The third-order valence-electron chi connectivity index (χ3n) is 2.58. The van der Waals surface area contributed by atoms with Crippen molar-refractivity contribution in [2.75, 3.05) is 18.8 Å². The minimum absolute atomic E-state index is 0.191. The summed E-state index contributed by atoms with van der Waals surface area (Å²) in [7, 11) is 0. The molecule has 0 radical (unpaired) electrons. The van der Waals surface area contributed by atoms with Gasteiger partial charge in [0.2, 0.25) is 0 Å². The Hall–Kier alpha value is -0.610. The molecule has 0 bridgehead atoms. The van der Waals surface area contributed by atoms with E-state index in [2.05, 4.69) is 16.8 Å². The van der Waals surface area contributed by atoms with Crippen molar-refractivity contribution in [2.24, 2.45) is 0 Å². The molecule has 2 nitrogen and oxygen atoms in total. The number of hydrogen-bond acceptors (Lipinski definition) is 3. The standard InChI is InChI=1S/C11H15FN2S/c1-9-7-14(4-5-15-9)8-10-2-3-13-6-11(10)12/h2-3,6,9H,4-5,7-8H2,1H3. The van der Waals surface area contributed by atoms with Crippen LogP contribution in [0.2, 0.25) is 0 Å².